The molecule has 1 aliphatic rings. The third-order valence-corrected chi connectivity index (χ3v) is 4.60. The molecule has 0 aliphatic carbocycles. The maximum Gasteiger partial charge on any atom is 0.330 e. The predicted octanol–water partition coefficient (Wildman–Crippen LogP) is 0.963. The molecule has 1 aliphatic heterocycles. The lowest BCUT2D eigenvalue weighted by Gasteiger charge is -2.32. The van der Waals surface area contributed by atoms with Gasteiger partial charge in [0.1, 0.15) is 12.2 Å². The van der Waals surface area contributed by atoms with E-state index in [4.69, 9.17) is 14.2 Å². The number of rotatable bonds is 5. The lowest BCUT2D eigenvalue weighted by Crippen LogP contribution is -2.44. The van der Waals surface area contributed by atoms with Crippen LogP contribution < -0.4 is 11.2 Å². The number of H-pyrrole nitrogens is 1. The number of aromatic amines is 1. The monoisotopic (exact) mass is 312 g/mol. The van der Waals surface area contributed by atoms with Gasteiger partial charge in [-0.1, -0.05) is 13.8 Å². The summed E-state index contributed by atoms with van der Waals surface area (Å²) >= 11 is 0. The first-order chi connectivity index (χ1) is 10.4. The molecule has 22 heavy (non-hydrogen) atoms. The highest BCUT2D eigenvalue weighted by atomic mass is 16.6. The number of aryl methyl sites for hydroxylation is 1. The number of hydrogen-bond acceptors (Lipinski definition) is 5. The number of nitrogens with one attached hydrogen (secondary N) is 1. The second-order valence-corrected chi connectivity index (χ2v) is 5.62. The van der Waals surface area contributed by atoms with Gasteiger partial charge in [-0.15, -0.1) is 0 Å². The Labute approximate surface area is 129 Å². The van der Waals surface area contributed by atoms with Crippen molar-refractivity contribution in [1.29, 1.82) is 0 Å². The third kappa shape index (κ3) is 2.53. The van der Waals surface area contributed by atoms with Crippen LogP contribution in [0.2, 0.25) is 0 Å². The van der Waals surface area contributed by atoms with Crippen molar-refractivity contribution in [2.45, 2.75) is 57.6 Å². The van der Waals surface area contributed by atoms with Crippen molar-refractivity contribution in [3.05, 3.63) is 32.6 Å². The zero-order chi connectivity index (χ0) is 16.5. The zero-order valence-electron chi connectivity index (χ0n) is 13.7. The molecule has 1 saturated heterocycles. The summed E-state index contributed by atoms with van der Waals surface area (Å²) in [6, 6.07) is 0. The van der Waals surface area contributed by atoms with Crippen LogP contribution in [0.4, 0.5) is 0 Å². The summed E-state index contributed by atoms with van der Waals surface area (Å²) < 4.78 is 18.8. The first-order valence-electron chi connectivity index (χ1n) is 7.49. The fourth-order valence-electron chi connectivity index (χ4n) is 3.22. The Morgan fingerprint density at radius 2 is 1.91 bits per heavy atom. The summed E-state index contributed by atoms with van der Waals surface area (Å²) in [6.07, 6.45) is 1.60. The van der Waals surface area contributed by atoms with Gasteiger partial charge in [0.05, 0.1) is 5.60 Å². The minimum Gasteiger partial charge on any atom is -0.376 e. The summed E-state index contributed by atoms with van der Waals surface area (Å²) in [7, 11) is 3.18. The molecule has 0 saturated carbocycles. The molecule has 1 unspecified atom stereocenters. The van der Waals surface area contributed by atoms with Crippen LogP contribution in [0.15, 0.2) is 15.8 Å². The number of ether oxygens (including phenoxy) is 3. The fourth-order valence-corrected chi connectivity index (χ4v) is 3.22. The van der Waals surface area contributed by atoms with Crippen LogP contribution in [-0.2, 0) is 14.2 Å². The summed E-state index contributed by atoms with van der Waals surface area (Å²) in [5.41, 5.74) is -0.990. The lowest BCUT2D eigenvalue weighted by atomic mass is 9.89. The van der Waals surface area contributed by atoms with Crippen molar-refractivity contribution in [3.63, 3.8) is 0 Å². The Balaban J connectivity index is 2.53. The maximum absolute atomic E-state index is 12.2. The molecule has 0 spiro atoms. The Bertz CT molecular complexity index is 632. The van der Waals surface area contributed by atoms with E-state index >= 15 is 0 Å². The highest BCUT2D eigenvalue weighted by Gasteiger charge is 2.54. The maximum atomic E-state index is 12.2. The SMILES string of the molecule is CCC1(CC)O[C@@H](n2cc(C)c(=O)[nH]c2=O)C(OC)[C@H]1OC. The van der Waals surface area contributed by atoms with E-state index in [-0.39, 0.29) is 6.10 Å². The largest absolute Gasteiger partial charge is 0.376 e. The Hall–Kier alpha value is -1.44. The summed E-state index contributed by atoms with van der Waals surface area (Å²) in [5.74, 6) is 0. The van der Waals surface area contributed by atoms with Crippen LogP contribution in [0.1, 0.15) is 38.5 Å². The fraction of sp³-hybridized carbons (Fsp3) is 0.733. The first kappa shape index (κ1) is 16.9. The van der Waals surface area contributed by atoms with Gasteiger partial charge in [-0.2, -0.15) is 0 Å². The first-order valence-corrected chi connectivity index (χ1v) is 7.49. The number of hydrogen-bond donors (Lipinski definition) is 1. The Morgan fingerprint density at radius 3 is 2.41 bits per heavy atom. The van der Waals surface area contributed by atoms with Gasteiger partial charge in [-0.05, 0) is 19.8 Å². The van der Waals surface area contributed by atoms with Gasteiger partial charge in [-0.3, -0.25) is 14.3 Å². The van der Waals surface area contributed by atoms with Gasteiger partial charge >= 0.3 is 5.69 Å². The summed E-state index contributed by atoms with van der Waals surface area (Å²) in [6.45, 7) is 5.68. The molecule has 0 amide bonds. The Kier molecular flexibility index (Phi) is 4.89. The van der Waals surface area contributed by atoms with Gasteiger partial charge in [0.25, 0.3) is 5.56 Å². The second kappa shape index (κ2) is 6.36. The van der Waals surface area contributed by atoms with Crippen LogP contribution >= 0.6 is 0 Å². The van der Waals surface area contributed by atoms with Crippen molar-refractivity contribution in [2.75, 3.05) is 14.2 Å². The molecule has 0 aromatic carbocycles. The van der Waals surface area contributed by atoms with E-state index in [1.807, 2.05) is 13.8 Å². The number of methoxy groups -OCH3 is 2. The highest BCUT2D eigenvalue weighted by molar-refractivity contribution is 5.06. The van der Waals surface area contributed by atoms with Crippen molar-refractivity contribution in [3.8, 4) is 0 Å². The molecular weight excluding hydrogens is 288 g/mol. The van der Waals surface area contributed by atoms with Gasteiger partial charge in [0.15, 0.2) is 6.23 Å². The van der Waals surface area contributed by atoms with E-state index < -0.39 is 29.2 Å². The van der Waals surface area contributed by atoms with Gasteiger partial charge in [-0.25, -0.2) is 4.79 Å². The minimum atomic E-state index is -0.641. The summed E-state index contributed by atoms with van der Waals surface area (Å²) in [4.78, 5) is 26.0. The van der Waals surface area contributed by atoms with Crippen LogP contribution in [-0.4, -0.2) is 41.6 Å². The molecule has 0 radical (unpaired) electrons. The van der Waals surface area contributed by atoms with Crippen molar-refractivity contribution in [2.24, 2.45) is 0 Å². The van der Waals surface area contributed by atoms with E-state index in [1.165, 1.54) is 10.8 Å². The molecule has 1 N–H and O–H groups in total. The average molecular weight is 312 g/mol. The van der Waals surface area contributed by atoms with Gasteiger partial charge in [0.2, 0.25) is 0 Å². The molecular formula is C15H24N2O5. The van der Waals surface area contributed by atoms with Gasteiger partial charge in [0, 0.05) is 26.0 Å². The quantitative estimate of drug-likeness (QED) is 0.876. The van der Waals surface area contributed by atoms with E-state index in [0.29, 0.717) is 5.56 Å². The molecule has 2 heterocycles. The van der Waals surface area contributed by atoms with Crippen molar-refractivity contribution >= 4 is 0 Å². The van der Waals surface area contributed by atoms with Crippen LogP contribution in [0, 0.1) is 6.92 Å². The van der Waals surface area contributed by atoms with Crippen LogP contribution in [0.3, 0.4) is 0 Å². The van der Waals surface area contributed by atoms with Gasteiger partial charge < -0.3 is 14.2 Å². The second-order valence-electron chi connectivity index (χ2n) is 5.62. The molecule has 0 bridgehead atoms. The minimum absolute atomic E-state index is 0.295. The molecule has 1 fully saturated rings. The lowest BCUT2D eigenvalue weighted by molar-refractivity contribution is -0.115. The predicted molar refractivity (Wildman–Crippen MR) is 81.1 cm³/mol. The molecule has 1 aromatic rings. The molecule has 1 aromatic heterocycles. The molecule has 124 valence electrons. The molecule has 7 nitrogen and oxygen atoms in total. The smallest absolute Gasteiger partial charge is 0.330 e. The summed E-state index contributed by atoms with van der Waals surface area (Å²) in [5, 5.41) is 0. The Morgan fingerprint density at radius 1 is 1.27 bits per heavy atom. The topological polar surface area (TPSA) is 82.6 Å². The third-order valence-electron chi connectivity index (χ3n) is 4.60. The molecule has 7 heteroatoms. The van der Waals surface area contributed by atoms with E-state index in [9.17, 15) is 9.59 Å². The average Bonchev–Trinajstić information content (AvgIpc) is 2.84. The van der Waals surface area contributed by atoms with E-state index in [1.54, 1.807) is 21.1 Å². The number of nitrogens with zero attached hydrogens (tertiary/aromatic N) is 1. The van der Waals surface area contributed by atoms with Crippen LogP contribution in [0.5, 0.6) is 0 Å². The van der Waals surface area contributed by atoms with Crippen molar-refractivity contribution < 1.29 is 14.2 Å². The molecule has 3 atom stereocenters. The van der Waals surface area contributed by atoms with Crippen molar-refractivity contribution in [1.82, 2.24) is 9.55 Å². The molecule has 2 rings (SSSR count). The van der Waals surface area contributed by atoms with E-state index in [2.05, 4.69) is 4.98 Å². The van der Waals surface area contributed by atoms with E-state index in [0.717, 1.165) is 12.8 Å². The van der Waals surface area contributed by atoms with Crippen LogP contribution in [0.25, 0.3) is 0 Å². The highest BCUT2D eigenvalue weighted by Crippen LogP contribution is 2.43. The normalized spacial score (nSPS) is 27.2. The standard InChI is InChI=1S/C15H24N2O5/c1-6-15(7-2)11(21-5)10(20-4)13(22-15)17-8-9(3)12(18)16-14(17)19/h8,10-11,13H,6-7H2,1-5H3,(H,16,18,19)/t10?,11-,13-/m1/s1. The zero-order valence-corrected chi connectivity index (χ0v) is 13.7. The number of aromatic nitrogens is 2.